The molecule has 1 N–H and O–H groups in total. The summed E-state index contributed by atoms with van der Waals surface area (Å²) >= 11 is 0. The Labute approximate surface area is 117 Å². The molecule has 2 atom stereocenters. The SMILES string of the molecule is C[C@H]1CCCC[C@@H]1Nc1cccc(N2CCCC2)c1. The van der Waals surface area contributed by atoms with Crippen LogP contribution in [0.1, 0.15) is 45.4 Å². The van der Waals surface area contributed by atoms with Crippen LogP contribution < -0.4 is 10.2 Å². The van der Waals surface area contributed by atoms with Gasteiger partial charge < -0.3 is 10.2 Å². The quantitative estimate of drug-likeness (QED) is 0.870. The van der Waals surface area contributed by atoms with E-state index in [1.54, 1.807) is 0 Å². The average Bonchev–Trinajstić information content (AvgIpc) is 2.96. The molecule has 1 heterocycles. The highest BCUT2D eigenvalue weighted by atomic mass is 15.1. The molecule has 0 spiro atoms. The molecule has 3 rings (SSSR count). The summed E-state index contributed by atoms with van der Waals surface area (Å²) in [7, 11) is 0. The molecule has 2 nitrogen and oxygen atoms in total. The van der Waals surface area contributed by atoms with Crippen LogP contribution in [0.15, 0.2) is 24.3 Å². The molecular weight excluding hydrogens is 232 g/mol. The Morgan fingerprint density at radius 1 is 1.05 bits per heavy atom. The number of nitrogens with one attached hydrogen (secondary N) is 1. The minimum absolute atomic E-state index is 0.669. The summed E-state index contributed by atoms with van der Waals surface area (Å²) in [5, 5.41) is 3.77. The second-order valence-electron chi connectivity index (χ2n) is 6.26. The molecule has 104 valence electrons. The molecular formula is C17H26N2. The smallest absolute Gasteiger partial charge is 0.0386 e. The zero-order chi connectivity index (χ0) is 13.1. The van der Waals surface area contributed by atoms with E-state index in [9.17, 15) is 0 Å². The van der Waals surface area contributed by atoms with Gasteiger partial charge in [0.25, 0.3) is 0 Å². The summed E-state index contributed by atoms with van der Waals surface area (Å²) in [5.41, 5.74) is 2.70. The largest absolute Gasteiger partial charge is 0.382 e. The maximum Gasteiger partial charge on any atom is 0.0386 e. The monoisotopic (exact) mass is 258 g/mol. The molecule has 0 bridgehead atoms. The number of hydrogen-bond donors (Lipinski definition) is 1. The minimum Gasteiger partial charge on any atom is -0.382 e. The van der Waals surface area contributed by atoms with Crippen LogP contribution in [0.2, 0.25) is 0 Å². The number of nitrogens with zero attached hydrogens (tertiary/aromatic N) is 1. The molecule has 1 saturated carbocycles. The number of anilines is 2. The van der Waals surface area contributed by atoms with E-state index in [1.807, 2.05) is 0 Å². The lowest BCUT2D eigenvalue weighted by Crippen LogP contribution is -2.30. The van der Waals surface area contributed by atoms with Gasteiger partial charge in [-0.1, -0.05) is 25.8 Å². The third-order valence-corrected chi connectivity index (χ3v) is 4.78. The molecule has 19 heavy (non-hydrogen) atoms. The Morgan fingerprint density at radius 3 is 2.63 bits per heavy atom. The van der Waals surface area contributed by atoms with Gasteiger partial charge in [0.05, 0.1) is 0 Å². The van der Waals surface area contributed by atoms with E-state index in [4.69, 9.17) is 0 Å². The molecule has 0 amide bonds. The first kappa shape index (κ1) is 12.8. The standard InChI is InChI=1S/C17H26N2/c1-14-7-2-3-10-17(14)18-15-8-6-9-16(13-15)19-11-4-5-12-19/h6,8-9,13-14,17-18H,2-5,7,10-12H2,1H3/t14-,17-/m0/s1. The lowest BCUT2D eigenvalue weighted by Gasteiger charge is -2.30. The summed E-state index contributed by atoms with van der Waals surface area (Å²) in [6, 6.07) is 9.68. The third-order valence-electron chi connectivity index (χ3n) is 4.78. The van der Waals surface area contributed by atoms with Crippen LogP contribution >= 0.6 is 0 Å². The maximum atomic E-state index is 3.77. The zero-order valence-corrected chi connectivity index (χ0v) is 12.1. The van der Waals surface area contributed by atoms with Crippen LogP contribution in [0.25, 0.3) is 0 Å². The third kappa shape index (κ3) is 3.05. The summed E-state index contributed by atoms with van der Waals surface area (Å²) in [6.07, 6.45) is 8.19. The second-order valence-corrected chi connectivity index (χ2v) is 6.26. The van der Waals surface area contributed by atoms with Crippen molar-refractivity contribution < 1.29 is 0 Å². The van der Waals surface area contributed by atoms with Crippen molar-refractivity contribution in [2.24, 2.45) is 5.92 Å². The number of hydrogen-bond acceptors (Lipinski definition) is 2. The van der Waals surface area contributed by atoms with E-state index in [2.05, 4.69) is 41.4 Å². The first-order chi connectivity index (χ1) is 9.33. The van der Waals surface area contributed by atoms with Gasteiger partial charge in [-0.3, -0.25) is 0 Å². The summed E-state index contributed by atoms with van der Waals surface area (Å²) in [6.45, 7) is 4.84. The van der Waals surface area contributed by atoms with Gasteiger partial charge in [0, 0.05) is 30.5 Å². The van der Waals surface area contributed by atoms with Crippen molar-refractivity contribution in [3.8, 4) is 0 Å². The summed E-state index contributed by atoms with van der Waals surface area (Å²) < 4.78 is 0. The van der Waals surface area contributed by atoms with Crippen LogP contribution in [-0.4, -0.2) is 19.1 Å². The van der Waals surface area contributed by atoms with Gasteiger partial charge in [0.2, 0.25) is 0 Å². The van der Waals surface area contributed by atoms with Gasteiger partial charge in [-0.15, -0.1) is 0 Å². The Balaban J connectivity index is 1.68. The Kier molecular flexibility index (Phi) is 3.95. The molecule has 2 fully saturated rings. The average molecular weight is 258 g/mol. The molecule has 2 aliphatic rings. The number of rotatable bonds is 3. The van der Waals surface area contributed by atoms with E-state index in [0.29, 0.717) is 6.04 Å². The Morgan fingerprint density at radius 2 is 1.84 bits per heavy atom. The first-order valence-electron chi connectivity index (χ1n) is 7.94. The molecule has 2 heteroatoms. The van der Waals surface area contributed by atoms with Crippen LogP contribution in [0.5, 0.6) is 0 Å². The van der Waals surface area contributed by atoms with Gasteiger partial charge in [-0.2, -0.15) is 0 Å². The number of benzene rings is 1. The van der Waals surface area contributed by atoms with E-state index in [0.717, 1.165) is 5.92 Å². The molecule has 0 radical (unpaired) electrons. The Hall–Kier alpha value is -1.18. The summed E-state index contributed by atoms with van der Waals surface area (Å²) in [5.74, 6) is 0.809. The van der Waals surface area contributed by atoms with Crippen molar-refractivity contribution >= 4 is 11.4 Å². The van der Waals surface area contributed by atoms with Crippen molar-refractivity contribution in [2.75, 3.05) is 23.3 Å². The second kappa shape index (κ2) is 5.85. The van der Waals surface area contributed by atoms with Gasteiger partial charge in [0.15, 0.2) is 0 Å². The fourth-order valence-corrected chi connectivity index (χ4v) is 3.51. The van der Waals surface area contributed by atoms with Crippen molar-refractivity contribution in [3.63, 3.8) is 0 Å². The molecule has 1 aromatic carbocycles. The maximum absolute atomic E-state index is 3.77. The normalized spacial score (nSPS) is 27.5. The fraction of sp³-hybridized carbons (Fsp3) is 0.647. The lowest BCUT2D eigenvalue weighted by molar-refractivity contribution is 0.349. The van der Waals surface area contributed by atoms with Gasteiger partial charge in [-0.25, -0.2) is 0 Å². The van der Waals surface area contributed by atoms with E-state index >= 15 is 0 Å². The van der Waals surface area contributed by atoms with Crippen LogP contribution in [0.3, 0.4) is 0 Å². The molecule has 1 aliphatic heterocycles. The van der Waals surface area contributed by atoms with Crippen LogP contribution in [0.4, 0.5) is 11.4 Å². The summed E-state index contributed by atoms with van der Waals surface area (Å²) in [4.78, 5) is 2.51. The van der Waals surface area contributed by atoms with Gasteiger partial charge >= 0.3 is 0 Å². The lowest BCUT2D eigenvalue weighted by atomic mass is 9.86. The van der Waals surface area contributed by atoms with Crippen molar-refractivity contribution in [1.29, 1.82) is 0 Å². The van der Waals surface area contributed by atoms with Crippen molar-refractivity contribution in [2.45, 2.75) is 51.5 Å². The van der Waals surface area contributed by atoms with Crippen LogP contribution in [0, 0.1) is 5.92 Å². The predicted octanol–water partition coefficient (Wildman–Crippen LogP) is 4.28. The fourth-order valence-electron chi connectivity index (χ4n) is 3.51. The first-order valence-corrected chi connectivity index (χ1v) is 7.94. The van der Waals surface area contributed by atoms with Crippen LogP contribution in [-0.2, 0) is 0 Å². The molecule has 0 unspecified atom stereocenters. The van der Waals surface area contributed by atoms with E-state index in [1.165, 1.54) is 63.0 Å². The topological polar surface area (TPSA) is 15.3 Å². The van der Waals surface area contributed by atoms with Crippen molar-refractivity contribution in [1.82, 2.24) is 0 Å². The van der Waals surface area contributed by atoms with E-state index < -0.39 is 0 Å². The molecule has 1 aromatic rings. The highest BCUT2D eigenvalue weighted by Gasteiger charge is 2.21. The van der Waals surface area contributed by atoms with Crippen molar-refractivity contribution in [3.05, 3.63) is 24.3 Å². The van der Waals surface area contributed by atoms with Gasteiger partial charge in [-0.05, 0) is 49.8 Å². The molecule has 0 aromatic heterocycles. The zero-order valence-electron chi connectivity index (χ0n) is 12.1. The minimum atomic E-state index is 0.669. The predicted molar refractivity (Wildman–Crippen MR) is 82.9 cm³/mol. The van der Waals surface area contributed by atoms with E-state index in [-0.39, 0.29) is 0 Å². The molecule has 1 saturated heterocycles. The van der Waals surface area contributed by atoms with Gasteiger partial charge in [0.1, 0.15) is 0 Å². The highest BCUT2D eigenvalue weighted by molar-refractivity contribution is 5.58. The molecule has 1 aliphatic carbocycles. The highest BCUT2D eigenvalue weighted by Crippen LogP contribution is 2.29. The Bertz CT molecular complexity index is 409.